The van der Waals surface area contributed by atoms with Crippen molar-refractivity contribution >= 4 is 16.7 Å². The Bertz CT molecular complexity index is 807. The molecule has 0 spiro atoms. The van der Waals surface area contributed by atoms with Gasteiger partial charge in [-0.15, -0.1) is 0 Å². The van der Waals surface area contributed by atoms with Crippen molar-refractivity contribution in [3.05, 3.63) is 65.9 Å². The molecule has 0 fully saturated rings. The van der Waals surface area contributed by atoms with Crippen LogP contribution in [0.2, 0.25) is 0 Å². The molecule has 21 heavy (non-hydrogen) atoms. The number of nitrogens with zero attached hydrogens (tertiary/aromatic N) is 1. The van der Waals surface area contributed by atoms with Crippen molar-refractivity contribution in [3.8, 4) is 11.3 Å². The molecule has 0 saturated heterocycles. The second-order valence-corrected chi connectivity index (χ2v) is 5.11. The number of hydrogen-bond donors (Lipinski definition) is 1. The number of carboxylic acid groups (broad SMARTS) is 1. The molecule has 104 valence electrons. The summed E-state index contributed by atoms with van der Waals surface area (Å²) in [5.74, 6) is -0.823. The molecule has 0 unspecified atom stereocenters. The average molecular weight is 277 g/mol. The van der Waals surface area contributed by atoms with Gasteiger partial charge < -0.3 is 5.11 Å². The number of rotatable bonds is 3. The second kappa shape index (κ2) is 5.37. The van der Waals surface area contributed by atoms with Gasteiger partial charge >= 0.3 is 5.97 Å². The Hall–Kier alpha value is -2.68. The average Bonchev–Trinajstić information content (AvgIpc) is 2.47. The van der Waals surface area contributed by atoms with Gasteiger partial charge in [0, 0.05) is 17.1 Å². The molecule has 3 rings (SSSR count). The lowest BCUT2D eigenvalue weighted by atomic mass is 9.98. The molecule has 1 N–H and O–H groups in total. The Morgan fingerprint density at radius 1 is 1.05 bits per heavy atom. The largest absolute Gasteiger partial charge is 0.481 e. The minimum atomic E-state index is -0.823. The second-order valence-electron chi connectivity index (χ2n) is 5.11. The van der Waals surface area contributed by atoms with E-state index in [1.54, 1.807) is 6.20 Å². The van der Waals surface area contributed by atoms with Crippen molar-refractivity contribution in [2.24, 2.45) is 0 Å². The topological polar surface area (TPSA) is 50.2 Å². The van der Waals surface area contributed by atoms with Gasteiger partial charge in [0.25, 0.3) is 0 Å². The maximum absolute atomic E-state index is 11.0. The van der Waals surface area contributed by atoms with Crippen LogP contribution in [0.1, 0.15) is 11.1 Å². The molecule has 2 aromatic carbocycles. The maximum Gasteiger partial charge on any atom is 0.307 e. The molecule has 0 bridgehead atoms. The molecule has 3 aromatic rings. The third kappa shape index (κ3) is 2.63. The first-order valence-corrected chi connectivity index (χ1v) is 6.80. The van der Waals surface area contributed by atoms with E-state index in [4.69, 9.17) is 5.11 Å². The number of carbonyl (C=O) groups is 1. The van der Waals surface area contributed by atoms with Gasteiger partial charge in [-0.3, -0.25) is 9.78 Å². The van der Waals surface area contributed by atoms with Crippen molar-refractivity contribution in [3.63, 3.8) is 0 Å². The van der Waals surface area contributed by atoms with E-state index in [-0.39, 0.29) is 6.42 Å². The summed E-state index contributed by atoms with van der Waals surface area (Å²) in [5, 5.41) is 11.0. The highest BCUT2D eigenvalue weighted by atomic mass is 16.4. The van der Waals surface area contributed by atoms with Crippen LogP contribution in [0.4, 0.5) is 0 Å². The van der Waals surface area contributed by atoms with E-state index >= 15 is 0 Å². The van der Waals surface area contributed by atoms with Gasteiger partial charge in [0.1, 0.15) is 0 Å². The van der Waals surface area contributed by atoms with Gasteiger partial charge in [-0.1, -0.05) is 48.0 Å². The first-order chi connectivity index (χ1) is 10.1. The number of hydrogen-bond acceptors (Lipinski definition) is 2. The van der Waals surface area contributed by atoms with Crippen molar-refractivity contribution < 1.29 is 9.90 Å². The van der Waals surface area contributed by atoms with E-state index in [9.17, 15) is 4.79 Å². The monoisotopic (exact) mass is 277 g/mol. The molecule has 3 heteroatoms. The van der Waals surface area contributed by atoms with Gasteiger partial charge in [-0.25, -0.2) is 0 Å². The maximum atomic E-state index is 11.0. The van der Waals surface area contributed by atoms with Crippen LogP contribution in [0.25, 0.3) is 22.0 Å². The zero-order chi connectivity index (χ0) is 14.8. The first kappa shape index (κ1) is 13.3. The molecule has 0 amide bonds. The zero-order valence-electron chi connectivity index (χ0n) is 11.7. The number of pyridine rings is 1. The Morgan fingerprint density at radius 3 is 2.52 bits per heavy atom. The standard InChI is InChI=1S/C18H15NO2/c1-12-5-7-13(8-6-12)18-16-4-2-3-14(11-17(20)21)15(16)9-10-19-18/h2-10H,11H2,1H3,(H,20,21). The van der Waals surface area contributed by atoms with E-state index in [1.807, 2.05) is 43.3 Å². The highest BCUT2D eigenvalue weighted by Crippen LogP contribution is 2.28. The third-order valence-corrected chi connectivity index (χ3v) is 3.56. The summed E-state index contributed by atoms with van der Waals surface area (Å²) in [7, 11) is 0. The number of aryl methyl sites for hydroxylation is 1. The normalized spacial score (nSPS) is 10.7. The summed E-state index contributed by atoms with van der Waals surface area (Å²) >= 11 is 0. The van der Waals surface area contributed by atoms with Crippen molar-refractivity contribution in [2.75, 3.05) is 0 Å². The Balaban J connectivity index is 2.20. The lowest BCUT2D eigenvalue weighted by Crippen LogP contribution is -2.01. The van der Waals surface area contributed by atoms with E-state index < -0.39 is 5.97 Å². The van der Waals surface area contributed by atoms with Crippen LogP contribution in [0.15, 0.2) is 54.7 Å². The smallest absolute Gasteiger partial charge is 0.307 e. The fraction of sp³-hybridized carbons (Fsp3) is 0.111. The summed E-state index contributed by atoms with van der Waals surface area (Å²) in [6.45, 7) is 2.05. The van der Waals surface area contributed by atoms with Gasteiger partial charge in [-0.2, -0.15) is 0 Å². The highest BCUT2D eigenvalue weighted by molar-refractivity contribution is 5.97. The van der Waals surface area contributed by atoms with Crippen LogP contribution < -0.4 is 0 Å². The molecule has 3 nitrogen and oxygen atoms in total. The molecule has 0 saturated carbocycles. The fourth-order valence-corrected chi connectivity index (χ4v) is 2.53. The number of benzene rings is 2. The quantitative estimate of drug-likeness (QED) is 0.791. The molecule has 1 aromatic heterocycles. The molecule has 0 aliphatic rings. The fourth-order valence-electron chi connectivity index (χ4n) is 2.53. The van der Waals surface area contributed by atoms with Crippen molar-refractivity contribution in [1.29, 1.82) is 0 Å². The Morgan fingerprint density at radius 2 is 1.81 bits per heavy atom. The lowest BCUT2D eigenvalue weighted by molar-refractivity contribution is -0.136. The summed E-state index contributed by atoms with van der Waals surface area (Å²) in [6, 6.07) is 15.8. The Labute approximate surface area is 122 Å². The predicted octanol–water partition coefficient (Wildman–Crippen LogP) is 3.84. The predicted molar refractivity (Wildman–Crippen MR) is 83.3 cm³/mol. The number of aromatic nitrogens is 1. The van der Waals surface area contributed by atoms with Crippen LogP contribution in [0, 0.1) is 6.92 Å². The lowest BCUT2D eigenvalue weighted by Gasteiger charge is -2.09. The molecular weight excluding hydrogens is 262 g/mol. The number of carboxylic acids is 1. The van der Waals surface area contributed by atoms with Gasteiger partial charge in [0.2, 0.25) is 0 Å². The van der Waals surface area contributed by atoms with E-state index in [2.05, 4.69) is 17.1 Å². The summed E-state index contributed by atoms with van der Waals surface area (Å²) < 4.78 is 0. The molecule has 0 radical (unpaired) electrons. The minimum Gasteiger partial charge on any atom is -0.481 e. The number of fused-ring (bicyclic) bond motifs is 1. The first-order valence-electron chi connectivity index (χ1n) is 6.80. The highest BCUT2D eigenvalue weighted by Gasteiger charge is 2.10. The van der Waals surface area contributed by atoms with E-state index in [0.717, 1.165) is 27.6 Å². The van der Waals surface area contributed by atoms with Crippen LogP contribution in [0.3, 0.4) is 0 Å². The van der Waals surface area contributed by atoms with Crippen molar-refractivity contribution in [1.82, 2.24) is 4.98 Å². The summed E-state index contributed by atoms with van der Waals surface area (Å²) in [5.41, 5.74) is 3.94. The van der Waals surface area contributed by atoms with Gasteiger partial charge in [0.15, 0.2) is 0 Å². The van der Waals surface area contributed by atoms with Crippen LogP contribution in [-0.4, -0.2) is 16.1 Å². The molecule has 0 aliphatic heterocycles. The van der Waals surface area contributed by atoms with Gasteiger partial charge in [-0.05, 0) is 23.9 Å². The number of aliphatic carboxylic acids is 1. The summed E-state index contributed by atoms with van der Waals surface area (Å²) in [4.78, 5) is 15.5. The summed E-state index contributed by atoms with van der Waals surface area (Å²) in [6.07, 6.45) is 1.76. The van der Waals surface area contributed by atoms with Gasteiger partial charge in [0.05, 0.1) is 12.1 Å². The Kier molecular flexibility index (Phi) is 3.40. The molecule has 0 atom stereocenters. The van der Waals surface area contributed by atoms with Crippen molar-refractivity contribution in [2.45, 2.75) is 13.3 Å². The van der Waals surface area contributed by atoms with E-state index in [0.29, 0.717) is 0 Å². The third-order valence-electron chi connectivity index (χ3n) is 3.56. The van der Waals surface area contributed by atoms with E-state index in [1.165, 1.54) is 5.56 Å². The van der Waals surface area contributed by atoms with Crippen LogP contribution in [0.5, 0.6) is 0 Å². The molecular formula is C18H15NO2. The molecule has 0 aliphatic carbocycles. The minimum absolute atomic E-state index is 0.0225. The SMILES string of the molecule is Cc1ccc(-c2nccc3c(CC(=O)O)cccc23)cc1. The molecule has 1 heterocycles. The van der Waals surface area contributed by atoms with Crippen LogP contribution >= 0.6 is 0 Å². The van der Waals surface area contributed by atoms with Crippen LogP contribution in [-0.2, 0) is 11.2 Å². The zero-order valence-corrected chi connectivity index (χ0v) is 11.7.